The molecule has 0 saturated heterocycles. The van der Waals surface area contributed by atoms with Crippen molar-refractivity contribution in [3.8, 4) is 0 Å². The Hall–Kier alpha value is -0.530. The van der Waals surface area contributed by atoms with Gasteiger partial charge in [-0.15, -0.1) is 0 Å². The monoisotopic (exact) mass is 178 g/mol. The maximum absolute atomic E-state index is 10.1. The molecule has 1 aromatic rings. The fraction of sp³-hybridized carbons (Fsp3) is 0.333. The van der Waals surface area contributed by atoms with Crippen molar-refractivity contribution < 1.29 is 8.76 Å². The third-order valence-electron chi connectivity index (χ3n) is 0.725. The first-order valence-corrected chi connectivity index (χ1v) is 4.34. The highest BCUT2D eigenvalue weighted by Crippen LogP contribution is 2.06. The van der Waals surface area contributed by atoms with Gasteiger partial charge in [0.2, 0.25) is 5.95 Å². The van der Waals surface area contributed by atoms with Gasteiger partial charge in [0.05, 0.1) is 5.75 Å². The predicted octanol–water partition coefficient (Wildman–Crippen LogP) is -0.501. The van der Waals surface area contributed by atoms with Crippen molar-refractivity contribution in [1.29, 1.82) is 0 Å². The molecule has 1 unspecified atom stereocenters. The molecule has 0 amide bonds. The first-order valence-electron chi connectivity index (χ1n) is 2.32. The zero-order valence-corrected chi connectivity index (χ0v) is 6.44. The largest absolute Gasteiger partial charge is 0.772 e. The van der Waals surface area contributed by atoms with Gasteiger partial charge in [0.25, 0.3) is 0 Å². The summed E-state index contributed by atoms with van der Waals surface area (Å²) in [5, 5.41) is 0.422. The molecule has 0 spiro atoms. The minimum absolute atomic E-state index is 0.102. The van der Waals surface area contributed by atoms with Gasteiger partial charge in [0, 0.05) is 0 Å². The van der Waals surface area contributed by atoms with Gasteiger partial charge in [-0.2, -0.15) is 4.37 Å². The molecule has 0 aromatic carbocycles. The molecule has 0 bridgehead atoms. The van der Waals surface area contributed by atoms with Crippen molar-refractivity contribution in [2.75, 3.05) is 5.73 Å². The van der Waals surface area contributed by atoms with E-state index in [1.54, 1.807) is 0 Å². The van der Waals surface area contributed by atoms with Gasteiger partial charge in [-0.3, -0.25) is 4.21 Å². The maximum Gasteiger partial charge on any atom is 0.232 e. The SMILES string of the molecule is Nc1nsc(CS(=O)[O-])n1. The molecule has 1 heterocycles. The van der Waals surface area contributed by atoms with Gasteiger partial charge < -0.3 is 10.3 Å². The molecule has 0 fully saturated rings. The summed E-state index contributed by atoms with van der Waals surface area (Å²) in [4.78, 5) is 3.64. The van der Waals surface area contributed by atoms with E-state index in [4.69, 9.17) is 5.73 Å². The Morgan fingerprint density at radius 1 is 1.80 bits per heavy atom. The summed E-state index contributed by atoms with van der Waals surface area (Å²) in [7, 11) is 0. The summed E-state index contributed by atoms with van der Waals surface area (Å²) in [6.07, 6.45) is 0. The fourth-order valence-corrected chi connectivity index (χ4v) is 1.57. The summed E-state index contributed by atoms with van der Waals surface area (Å²) in [6, 6.07) is 0. The Morgan fingerprint density at radius 2 is 2.50 bits per heavy atom. The quantitative estimate of drug-likeness (QED) is 0.616. The second-order valence-electron chi connectivity index (χ2n) is 1.49. The second kappa shape index (κ2) is 3.04. The van der Waals surface area contributed by atoms with Crippen LogP contribution in [0, 0.1) is 0 Å². The van der Waals surface area contributed by atoms with Crippen LogP contribution in [0.15, 0.2) is 0 Å². The Balaban J connectivity index is 2.67. The standard InChI is InChI=1S/C3H5N3O2S2/c4-3-5-2(9-6-3)1-10(7)8/h1H2,(H2,4,6)(H,7,8)/p-1. The Labute approximate surface area is 63.7 Å². The van der Waals surface area contributed by atoms with Crippen LogP contribution in [0.2, 0.25) is 0 Å². The van der Waals surface area contributed by atoms with Gasteiger partial charge in [0.1, 0.15) is 5.01 Å². The molecule has 1 rings (SSSR count). The van der Waals surface area contributed by atoms with E-state index in [0.717, 1.165) is 11.5 Å². The lowest BCUT2D eigenvalue weighted by molar-refractivity contribution is 0.536. The molecule has 10 heavy (non-hydrogen) atoms. The Bertz CT molecular complexity index is 248. The van der Waals surface area contributed by atoms with E-state index in [0.29, 0.717) is 5.01 Å². The van der Waals surface area contributed by atoms with Crippen molar-refractivity contribution >= 4 is 28.6 Å². The van der Waals surface area contributed by atoms with Crippen LogP contribution >= 0.6 is 11.5 Å². The highest BCUT2D eigenvalue weighted by molar-refractivity contribution is 7.78. The molecule has 1 atom stereocenters. The summed E-state index contributed by atoms with van der Waals surface area (Å²) >= 11 is -1.10. The maximum atomic E-state index is 10.1. The average Bonchev–Trinajstić information content (AvgIpc) is 2.13. The van der Waals surface area contributed by atoms with Crippen molar-refractivity contribution in [3.05, 3.63) is 5.01 Å². The Kier molecular flexibility index (Phi) is 2.30. The van der Waals surface area contributed by atoms with E-state index in [9.17, 15) is 8.76 Å². The second-order valence-corrected chi connectivity index (χ2v) is 3.23. The van der Waals surface area contributed by atoms with Crippen molar-refractivity contribution in [1.82, 2.24) is 9.36 Å². The van der Waals surface area contributed by atoms with Crippen molar-refractivity contribution in [3.63, 3.8) is 0 Å². The highest BCUT2D eigenvalue weighted by Gasteiger charge is 1.98. The molecule has 0 radical (unpaired) electrons. The molecule has 0 saturated carbocycles. The van der Waals surface area contributed by atoms with Crippen LogP contribution in [0.1, 0.15) is 5.01 Å². The predicted molar refractivity (Wildman–Crippen MR) is 36.9 cm³/mol. The third kappa shape index (κ3) is 2.01. The summed E-state index contributed by atoms with van der Waals surface area (Å²) in [6.45, 7) is 0. The van der Waals surface area contributed by atoms with Gasteiger partial charge in [-0.25, -0.2) is 4.98 Å². The van der Waals surface area contributed by atoms with Crippen LogP contribution < -0.4 is 5.73 Å². The normalized spacial score (nSPS) is 13.3. The van der Waals surface area contributed by atoms with E-state index in [-0.39, 0.29) is 11.7 Å². The lowest BCUT2D eigenvalue weighted by Crippen LogP contribution is -1.93. The molecule has 0 aliphatic heterocycles. The molecule has 7 heteroatoms. The lowest BCUT2D eigenvalue weighted by atomic mass is 10.8. The van der Waals surface area contributed by atoms with Crippen LogP contribution in [0.25, 0.3) is 0 Å². The topological polar surface area (TPSA) is 91.9 Å². The highest BCUT2D eigenvalue weighted by atomic mass is 32.2. The lowest BCUT2D eigenvalue weighted by Gasteiger charge is -1.97. The molecule has 0 aliphatic carbocycles. The number of rotatable bonds is 2. The molecular weight excluding hydrogens is 174 g/mol. The van der Waals surface area contributed by atoms with Crippen LogP contribution in [0.4, 0.5) is 5.95 Å². The number of anilines is 1. The third-order valence-corrected chi connectivity index (χ3v) is 2.14. The number of nitrogens with two attached hydrogens (primary N) is 1. The summed E-state index contributed by atoms with van der Waals surface area (Å²) in [5.74, 6) is 0.0277. The van der Waals surface area contributed by atoms with E-state index >= 15 is 0 Å². The number of nitrogen functional groups attached to an aromatic ring is 1. The Morgan fingerprint density at radius 3 is 2.90 bits per heavy atom. The number of hydrogen-bond donors (Lipinski definition) is 1. The zero-order valence-electron chi connectivity index (χ0n) is 4.81. The summed E-state index contributed by atoms with van der Waals surface area (Å²) in [5.41, 5.74) is 5.14. The van der Waals surface area contributed by atoms with Crippen molar-refractivity contribution in [2.24, 2.45) is 0 Å². The first-order chi connectivity index (χ1) is 4.68. The van der Waals surface area contributed by atoms with E-state index in [1.165, 1.54) is 0 Å². The molecular formula is C3H4N3O2S2-. The van der Waals surface area contributed by atoms with Crippen LogP contribution in [0.5, 0.6) is 0 Å². The molecule has 2 N–H and O–H groups in total. The molecule has 5 nitrogen and oxygen atoms in total. The summed E-state index contributed by atoms with van der Waals surface area (Å²) < 4.78 is 23.8. The molecule has 0 aliphatic rings. The van der Waals surface area contributed by atoms with Crippen LogP contribution in [0.3, 0.4) is 0 Å². The average molecular weight is 178 g/mol. The first kappa shape index (κ1) is 7.58. The number of hydrogen-bond acceptors (Lipinski definition) is 6. The van der Waals surface area contributed by atoms with Crippen LogP contribution in [-0.2, 0) is 16.8 Å². The van der Waals surface area contributed by atoms with Crippen LogP contribution in [-0.4, -0.2) is 18.1 Å². The smallest absolute Gasteiger partial charge is 0.232 e. The van der Waals surface area contributed by atoms with E-state index < -0.39 is 11.1 Å². The fourth-order valence-electron chi connectivity index (χ4n) is 0.427. The van der Waals surface area contributed by atoms with Gasteiger partial charge in [0.15, 0.2) is 0 Å². The van der Waals surface area contributed by atoms with Gasteiger partial charge in [-0.05, 0) is 22.6 Å². The van der Waals surface area contributed by atoms with Crippen molar-refractivity contribution in [2.45, 2.75) is 5.75 Å². The van der Waals surface area contributed by atoms with E-state index in [2.05, 4.69) is 9.36 Å². The van der Waals surface area contributed by atoms with Gasteiger partial charge >= 0.3 is 0 Å². The van der Waals surface area contributed by atoms with E-state index in [1.807, 2.05) is 0 Å². The molecule has 56 valence electrons. The number of nitrogens with zero attached hydrogens (tertiary/aromatic N) is 2. The van der Waals surface area contributed by atoms with Gasteiger partial charge in [-0.1, -0.05) is 0 Å². The zero-order chi connectivity index (χ0) is 7.56. The number of aromatic nitrogens is 2. The minimum atomic E-state index is -2.10. The minimum Gasteiger partial charge on any atom is -0.772 e. The molecule has 1 aromatic heterocycles.